The lowest BCUT2D eigenvalue weighted by atomic mass is 9.96. The number of thiazole rings is 1. The van der Waals surface area contributed by atoms with Gasteiger partial charge in [-0.1, -0.05) is 35.1 Å². The average Bonchev–Trinajstić information content (AvgIpc) is 3.16. The van der Waals surface area contributed by atoms with Crippen LogP contribution in [0.2, 0.25) is 5.02 Å². The van der Waals surface area contributed by atoms with E-state index in [1.807, 2.05) is 30.5 Å². The smallest absolute Gasteiger partial charge is 0.338 e. The van der Waals surface area contributed by atoms with Gasteiger partial charge in [0.15, 0.2) is 16.3 Å². The highest BCUT2D eigenvalue weighted by molar-refractivity contribution is 7.98. The van der Waals surface area contributed by atoms with Gasteiger partial charge in [-0.3, -0.25) is 9.36 Å². The number of benzene rings is 2. The first-order chi connectivity index (χ1) is 17.7. The van der Waals surface area contributed by atoms with Crippen LogP contribution in [0.3, 0.4) is 0 Å². The van der Waals surface area contributed by atoms with Crippen LogP contribution in [0.15, 0.2) is 62.4 Å². The number of hydrogen-bond acceptors (Lipinski definition) is 8. The van der Waals surface area contributed by atoms with Crippen LogP contribution in [0.4, 0.5) is 0 Å². The number of rotatable bonds is 7. The van der Waals surface area contributed by atoms with E-state index in [2.05, 4.69) is 4.99 Å². The first-order valence-electron chi connectivity index (χ1n) is 11.5. The van der Waals surface area contributed by atoms with E-state index in [1.165, 1.54) is 25.6 Å². The van der Waals surface area contributed by atoms with Crippen LogP contribution >= 0.6 is 34.7 Å². The summed E-state index contributed by atoms with van der Waals surface area (Å²) in [5.74, 6) is 0.381. The standard InChI is InChI=1S/C27H27ClN2O5S2/c1-14(2)35-26(32)22-15(3)29-27-30(23(22)17-7-9-18(36-6)10-8-17)25(31)21(37-27)13-16-11-19(28)24(34-5)20(12-16)33-4/h7-14,23H,1-6H3. The first-order valence-corrected chi connectivity index (χ1v) is 13.9. The van der Waals surface area contributed by atoms with E-state index < -0.39 is 12.0 Å². The van der Waals surface area contributed by atoms with Crippen molar-refractivity contribution in [3.8, 4) is 11.5 Å². The Morgan fingerprint density at radius 1 is 1.19 bits per heavy atom. The second-order valence-corrected chi connectivity index (χ2v) is 10.8. The third-order valence-corrected chi connectivity index (χ3v) is 7.78. The number of thioether (sulfide) groups is 1. The van der Waals surface area contributed by atoms with Crippen molar-refractivity contribution in [2.75, 3.05) is 20.5 Å². The van der Waals surface area contributed by atoms with Gasteiger partial charge in [0.25, 0.3) is 5.56 Å². The Kier molecular flexibility index (Phi) is 8.16. The van der Waals surface area contributed by atoms with E-state index in [1.54, 1.807) is 55.3 Å². The maximum atomic E-state index is 13.8. The van der Waals surface area contributed by atoms with Gasteiger partial charge in [0, 0.05) is 4.90 Å². The van der Waals surface area contributed by atoms with Crippen molar-refractivity contribution >= 4 is 46.7 Å². The first kappa shape index (κ1) is 27.0. The highest BCUT2D eigenvalue weighted by Crippen LogP contribution is 2.36. The topological polar surface area (TPSA) is 79.1 Å². The number of allylic oxidation sites excluding steroid dienone is 1. The van der Waals surface area contributed by atoms with Gasteiger partial charge >= 0.3 is 5.97 Å². The number of ether oxygens (including phenoxy) is 3. The molecule has 4 rings (SSSR count). The number of carbonyl (C=O) groups is 1. The molecule has 10 heteroatoms. The second-order valence-electron chi connectivity index (χ2n) is 8.55. The molecule has 0 spiro atoms. The van der Waals surface area contributed by atoms with Crippen LogP contribution in [-0.4, -0.2) is 37.1 Å². The Labute approximate surface area is 228 Å². The molecule has 0 saturated carbocycles. The van der Waals surface area contributed by atoms with Crippen LogP contribution in [-0.2, 0) is 9.53 Å². The Balaban J connectivity index is 1.93. The summed E-state index contributed by atoms with van der Waals surface area (Å²) in [4.78, 5) is 33.2. The fraction of sp³-hybridized carbons (Fsp3) is 0.296. The summed E-state index contributed by atoms with van der Waals surface area (Å²) in [6.45, 7) is 5.35. The van der Waals surface area contributed by atoms with Crippen LogP contribution in [0.25, 0.3) is 6.08 Å². The van der Waals surface area contributed by atoms with Crippen molar-refractivity contribution in [3.05, 3.63) is 83.5 Å². The van der Waals surface area contributed by atoms with Gasteiger partial charge in [-0.15, -0.1) is 11.8 Å². The molecular weight excluding hydrogens is 532 g/mol. The van der Waals surface area contributed by atoms with Crippen LogP contribution in [0, 0.1) is 0 Å². The molecule has 2 aromatic carbocycles. The quantitative estimate of drug-likeness (QED) is 0.312. The number of aromatic nitrogens is 1. The minimum atomic E-state index is -0.672. The summed E-state index contributed by atoms with van der Waals surface area (Å²) in [7, 11) is 3.03. The van der Waals surface area contributed by atoms with Crippen molar-refractivity contribution < 1.29 is 19.0 Å². The zero-order valence-corrected chi connectivity index (χ0v) is 23.7. The number of carbonyl (C=O) groups excluding carboxylic acids is 1. The van der Waals surface area contributed by atoms with E-state index in [0.29, 0.717) is 42.7 Å². The van der Waals surface area contributed by atoms with Gasteiger partial charge in [-0.05, 0) is 68.5 Å². The van der Waals surface area contributed by atoms with E-state index in [-0.39, 0.29) is 11.7 Å². The predicted octanol–water partition coefficient (Wildman–Crippen LogP) is 4.58. The highest BCUT2D eigenvalue weighted by Gasteiger charge is 2.33. The molecule has 2 heterocycles. The van der Waals surface area contributed by atoms with Gasteiger partial charge in [0.05, 0.1) is 47.2 Å². The van der Waals surface area contributed by atoms with Gasteiger partial charge in [-0.2, -0.15) is 0 Å². The maximum absolute atomic E-state index is 13.8. The maximum Gasteiger partial charge on any atom is 0.338 e. The molecule has 0 saturated heterocycles. The zero-order chi connectivity index (χ0) is 26.9. The number of methoxy groups -OCH3 is 2. The van der Waals surface area contributed by atoms with E-state index in [0.717, 1.165) is 10.5 Å². The molecule has 1 aliphatic rings. The minimum absolute atomic E-state index is 0.268. The molecule has 0 amide bonds. The van der Waals surface area contributed by atoms with Crippen molar-refractivity contribution in [2.24, 2.45) is 4.99 Å². The predicted molar refractivity (Wildman–Crippen MR) is 148 cm³/mol. The molecule has 1 aliphatic heterocycles. The van der Waals surface area contributed by atoms with Crippen molar-refractivity contribution in [1.29, 1.82) is 0 Å². The SMILES string of the molecule is COc1cc(C=c2sc3n(c2=O)C(c2ccc(SC)cc2)C(C(=O)OC(C)C)=C(C)N=3)cc(Cl)c1OC. The molecule has 37 heavy (non-hydrogen) atoms. The Hall–Kier alpha value is -3.01. The molecule has 3 aromatic rings. The number of esters is 1. The van der Waals surface area contributed by atoms with Gasteiger partial charge < -0.3 is 14.2 Å². The second kappa shape index (κ2) is 11.2. The van der Waals surface area contributed by atoms with Gasteiger partial charge in [-0.25, -0.2) is 9.79 Å². The molecule has 0 bridgehead atoms. The Morgan fingerprint density at radius 3 is 2.49 bits per heavy atom. The van der Waals surface area contributed by atoms with Crippen LogP contribution < -0.4 is 24.4 Å². The van der Waals surface area contributed by atoms with Crippen molar-refractivity contribution in [3.63, 3.8) is 0 Å². The number of halogens is 1. The highest BCUT2D eigenvalue weighted by atomic mass is 35.5. The molecular formula is C27H27ClN2O5S2. The largest absolute Gasteiger partial charge is 0.493 e. The lowest BCUT2D eigenvalue weighted by Gasteiger charge is -2.25. The molecule has 0 aliphatic carbocycles. The lowest BCUT2D eigenvalue weighted by Crippen LogP contribution is -2.40. The molecule has 7 nitrogen and oxygen atoms in total. The third kappa shape index (κ3) is 5.35. The minimum Gasteiger partial charge on any atom is -0.493 e. The van der Waals surface area contributed by atoms with Crippen molar-refractivity contribution in [2.45, 2.75) is 37.8 Å². The van der Waals surface area contributed by atoms with E-state index >= 15 is 0 Å². The molecule has 1 aromatic heterocycles. The number of fused-ring (bicyclic) bond motifs is 1. The molecule has 1 atom stereocenters. The summed E-state index contributed by atoms with van der Waals surface area (Å²) in [5.41, 5.74) is 2.06. The zero-order valence-electron chi connectivity index (χ0n) is 21.3. The lowest BCUT2D eigenvalue weighted by molar-refractivity contribution is -0.143. The van der Waals surface area contributed by atoms with Crippen molar-refractivity contribution in [1.82, 2.24) is 4.57 Å². The molecule has 194 valence electrons. The van der Waals surface area contributed by atoms with E-state index in [4.69, 9.17) is 25.8 Å². The summed E-state index contributed by atoms with van der Waals surface area (Å²) in [6, 6.07) is 10.6. The third-order valence-electron chi connectivity index (χ3n) is 5.77. The van der Waals surface area contributed by atoms with Crippen LogP contribution in [0.1, 0.15) is 37.9 Å². The molecule has 0 N–H and O–H groups in total. The summed E-state index contributed by atoms with van der Waals surface area (Å²) < 4.78 is 18.3. The fourth-order valence-electron chi connectivity index (χ4n) is 4.13. The summed E-state index contributed by atoms with van der Waals surface area (Å²) in [5, 5.41) is 0.363. The molecule has 0 fully saturated rings. The summed E-state index contributed by atoms with van der Waals surface area (Å²) >= 11 is 9.24. The fourth-order valence-corrected chi connectivity index (χ4v) is 5.89. The summed E-state index contributed by atoms with van der Waals surface area (Å²) in [6.07, 6.45) is 3.41. The molecule has 0 radical (unpaired) electrons. The Morgan fingerprint density at radius 2 is 1.89 bits per heavy atom. The normalized spacial score (nSPS) is 15.5. The number of hydrogen-bond donors (Lipinski definition) is 0. The monoisotopic (exact) mass is 558 g/mol. The van der Waals surface area contributed by atoms with Crippen LogP contribution in [0.5, 0.6) is 11.5 Å². The van der Waals surface area contributed by atoms with Gasteiger partial charge in [0.1, 0.15) is 0 Å². The number of nitrogens with zero attached hydrogens (tertiary/aromatic N) is 2. The average molecular weight is 559 g/mol. The van der Waals surface area contributed by atoms with E-state index in [9.17, 15) is 9.59 Å². The molecule has 1 unspecified atom stereocenters. The van der Waals surface area contributed by atoms with Gasteiger partial charge in [0.2, 0.25) is 0 Å². The Bertz CT molecular complexity index is 1560.